The van der Waals surface area contributed by atoms with Gasteiger partial charge in [0.15, 0.2) is 0 Å². The fourth-order valence-electron chi connectivity index (χ4n) is 1.68. The second-order valence-electron chi connectivity index (χ2n) is 3.92. The van der Waals surface area contributed by atoms with E-state index in [9.17, 15) is 13.2 Å². The number of hydrogen-bond donors (Lipinski definition) is 1. The van der Waals surface area contributed by atoms with Crippen LogP contribution in [0.5, 0.6) is 0 Å². The average molecular weight is 267 g/mol. The summed E-state index contributed by atoms with van der Waals surface area (Å²) in [6.45, 7) is 0.445. The minimum atomic E-state index is -4.33. The van der Waals surface area contributed by atoms with Gasteiger partial charge >= 0.3 is 6.18 Å². The largest absolute Gasteiger partial charge is 0.416 e. The fourth-order valence-corrected chi connectivity index (χ4v) is 1.68. The topological polar surface area (TPSA) is 37.8 Å². The van der Waals surface area contributed by atoms with Gasteiger partial charge in [0.2, 0.25) is 0 Å². The summed E-state index contributed by atoms with van der Waals surface area (Å²) in [4.78, 5) is 7.97. The normalized spacial score (nSPS) is 11.5. The number of aromatic nitrogens is 2. The summed E-state index contributed by atoms with van der Waals surface area (Å²) in [5, 5.41) is 2.91. The molecule has 0 unspecified atom stereocenters. The zero-order valence-electron chi connectivity index (χ0n) is 9.98. The molecule has 0 bridgehead atoms. The molecule has 1 N–H and O–H groups in total. The molecule has 1 aromatic heterocycles. The maximum Gasteiger partial charge on any atom is 0.416 e. The van der Waals surface area contributed by atoms with Crippen LogP contribution in [0.15, 0.2) is 42.7 Å². The molecule has 2 rings (SSSR count). The predicted molar refractivity (Wildman–Crippen MR) is 64.0 cm³/mol. The molecule has 0 spiro atoms. The van der Waals surface area contributed by atoms with E-state index < -0.39 is 11.7 Å². The molecule has 3 nitrogen and oxygen atoms in total. The van der Waals surface area contributed by atoms with Crippen molar-refractivity contribution in [3.63, 3.8) is 0 Å². The molecule has 2 aromatic rings. The third kappa shape index (κ3) is 3.75. The van der Waals surface area contributed by atoms with Crippen molar-refractivity contribution in [2.75, 3.05) is 0 Å². The molecule has 100 valence electrons. The van der Waals surface area contributed by atoms with E-state index >= 15 is 0 Å². The van der Waals surface area contributed by atoms with Gasteiger partial charge < -0.3 is 5.32 Å². The first kappa shape index (κ1) is 13.5. The molecule has 0 radical (unpaired) electrons. The quantitative estimate of drug-likeness (QED) is 0.925. The van der Waals surface area contributed by atoms with Crippen molar-refractivity contribution in [2.45, 2.75) is 19.3 Å². The van der Waals surface area contributed by atoms with Gasteiger partial charge in [0.1, 0.15) is 5.82 Å². The Morgan fingerprint density at radius 2 is 1.63 bits per heavy atom. The number of nitrogens with zero attached hydrogens (tertiary/aromatic N) is 2. The first-order valence-electron chi connectivity index (χ1n) is 5.69. The zero-order valence-corrected chi connectivity index (χ0v) is 9.98. The number of benzene rings is 1. The van der Waals surface area contributed by atoms with Gasteiger partial charge in [0.05, 0.1) is 12.1 Å². The SMILES string of the molecule is FC(F)(F)c1ccccc1CNCc1ncccn1. The van der Waals surface area contributed by atoms with Crippen molar-refractivity contribution < 1.29 is 13.2 Å². The lowest BCUT2D eigenvalue weighted by Crippen LogP contribution is -2.18. The Bertz CT molecular complexity index is 526. The van der Waals surface area contributed by atoms with Gasteiger partial charge in [-0.15, -0.1) is 0 Å². The van der Waals surface area contributed by atoms with Crippen molar-refractivity contribution in [3.8, 4) is 0 Å². The van der Waals surface area contributed by atoms with E-state index in [0.29, 0.717) is 12.4 Å². The highest BCUT2D eigenvalue weighted by Gasteiger charge is 2.32. The highest BCUT2D eigenvalue weighted by atomic mass is 19.4. The van der Waals surface area contributed by atoms with Gasteiger partial charge in [-0.25, -0.2) is 9.97 Å². The second kappa shape index (κ2) is 5.79. The minimum Gasteiger partial charge on any atom is -0.306 e. The Hall–Kier alpha value is -1.95. The van der Waals surface area contributed by atoms with Crippen molar-refractivity contribution in [1.82, 2.24) is 15.3 Å². The standard InChI is InChI=1S/C13H12F3N3/c14-13(15,16)11-5-2-1-4-10(11)8-17-9-12-18-6-3-7-19-12/h1-7,17H,8-9H2. The molecule has 19 heavy (non-hydrogen) atoms. The summed E-state index contributed by atoms with van der Waals surface area (Å²) in [6, 6.07) is 7.19. The molecule has 0 atom stereocenters. The Morgan fingerprint density at radius 1 is 0.947 bits per heavy atom. The Morgan fingerprint density at radius 3 is 2.32 bits per heavy atom. The van der Waals surface area contributed by atoms with Crippen LogP contribution in [0.3, 0.4) is 0 Å². The molecule has 1 heterocycles. The molecular formula is C13H12F3N3. The second-order valence-corrected chi connectivity index (χ2v) is 3.92. The lowest BCUT2D eigenvalue weighted by molar-refractivity contribution is -0.138. The van der Waals surface area contributed by atoms with Gasteiger partial charge in [0, 0.05) is 18.9 Å². The van der Waals surface area contributed by atoms with Crippen molar-refractivity contribution in [2.24, 2.45) is 0 Å². The Kier molecular flexibility index (Phi) is 4.11. The number of rotatable bonds is 4. The van der Waals surface area contributed by atoms with Gasteiger partial charge in [-0.1, -0.05) is 18.2 Å². The smallest absolute Gasteiger partial charge is 0.306 e. The molecule has 0 saturated carbocycles. The Labute approximate surface area is 108 Å². The summed E-state index contributed by atoms with van der Waals surface area (Å²) >= 11 is 0. The summed E-state index contributed by atoms with van der Waals surface area (Å²) in [6.07, 6.45) is -1.15. The van der Waals surface area contributed by atoms with Gasteiger partial charge in [0.25, 0.3) is 0 Å². The van der Waals surface area contributed by atoms with E-state index in [-0.39, 0.29) is 12.1 Å². The van der Waals surface area contributed by atoms with E-state index in [0.717, 1.165) is 6.07 Å². The first-order valence-corrected chi connectivity index (χ1v) is 5.69. The molecule has 0 aliphatic rings. The van der Waals surface area contributed by atoms with E-state index in [4.69, 9.17) is 0 Å². The Balaban J connectivity index is 2.00. The first-order chi connectivity index (χ1) is 9.07. The van der Waals surface area contributed by atoms with E-state index in [1.54, 1.807) is 24.5 Å². The van der Waals surface area contributed by atoms with Crippen molar-refractivity contribution in [3.05, 3.63) is 59.7 Å². The summed E-state index contributed by atoms with van der Waals surface area (Å²) in [5.74, 6) is 0.548. The molecular weight excluding hydrogens is 255 g/mol. The van der Waals surface area contributed by atoms with Crippen LogP contribution in [0.25, 0.3) is 0 Å². The van der Waals surface area contributed by atoms with E-state index in [1.807, 2.05) is 0 Å². The van der Waals surface area contributed by atoms with Crippen LogP contribution in [0, 0.1) is 0 Å². The maximum atomic E-state index is 12.7. The molecule has 0 fully saturated rings. The van der Waals surface area contributed by atoms with Gasteiger partial charge in [-0.05, 0) is 17.7 Å². The van der Waals surface area contributed by atoms with Crippen LogP contribution in [-0.4, -0.2) is 9.97 Å². The van der Waals surface area contributed by atoms with Crippen LogP contribution < -0.4 is 5.32 Å². The van der Waals surface area contributed by atoms with Crippen molar-refractivity contribution >= 4 is 0 Å². The highest BCUT2D eigenvalue weighted by molar-refractivity contribution is 5.29. The minimum absolute atomic E-state index is 0.119. The van der Waals surface area contributed by atoms with E-state index in [2.05, 4.69) is 15.3 Å². The monoisotopic (exact) mass is 267 g/mol. The van der Waals surface area contributed by atoms with Crippen LogP contribution in [-0.2, 0) is 19.3 Å². The summed E-state index contributed by atoms with van der Waals surface area (Å²) in [7, 11) is 0. The van der Waals surface area contributed by atoms with Gasteiger partial charge in [-0.3, -0.25) is 0 Å². The highest BCUT2D eigenvalue weighted by Crippen LogP contribution is 2.31. The molecule has 0 aliphatic carbocycles. The third-order valence-corrected chi connectivity index (χ3v) is 2.54. The molecule has 0 amide bonds. The number of alkyl halides is 3. The molecule has 1 aromatic carbocycles. The van der Waals surface area contributed by atoms with Crippen LogP contribution in [0.1, 0.15) is 17.0 Å². The zero-order chi connectivity index (χ0) is 13.7. The molecule has 0 saturated heterocycles. The predicted octanol–water partition coefficient (Wildman–Crippen LogP) is 2.79. The average Bonchev–Trinajstić information content (AvgIpc) is 2.39. The van der Waals surface area contributed by atoms with Crippen molar-refractivity contribution in [1.29, 1.82) is 0 Å². The number of nitrogens with one attached hydrogen (secondary N) is 1. The lowest BCUT2D eigenvalue weighted by Gasteiger charge is -2.12. The van der Waals surface area contributed by atoms with Crippen LogP contribution in [0.4, 0.5) is 13.2 Å². The number of hydrogen-bond acceptors (Lipinski definition) is 3. The van der Waals surface area contributed by atoms with Gasteiger partial charge in [-0.2, -0.15) is 13.2 Å². The molecule has 0 aliphatic heterocycles. The van der Waals surface area contributed by atoms with Crippen LogP contribution in [0.2, 0.25) is 0 Å². The summed E-state index contributed by atoms with van der Waals surface area (Å²) in [5.41, 5.74) is -0.401. The summed E-state index contributed by atoms with van der Waals surface area (Å²) < 4.78 is 38.2. The fraction of sp³-hybridized carbons (Fsp3) is 0.231. The molecule has 6 heteroatoms. The van der Waals surface area contributed by atoms with E-state index in [1.165, 1.54) is 12.1 Å². The maximum absolute atomic E-state index is 12.7. The third-order valence-electron chi connectivity index (χ3n) is 2.54. The van der Waals surface area contributed by atoms with Crippen LogP contribution >= 0.6 is 0 Å². The lowest BCUT2D eigenvalue weighted by atomic mass is 10.1. The number of halogens is 3.